The number of aliphatic hydroxyl groups excluding tert-OH is 1. The summed E-state index contributed by atoms with van der Waals surface area (Å²) in [6, 6.07) is 0. The lowest BCUT2D eigenvalue weighted by molar-refractivity contribution is -0.128. The molecule has 0 aliphatic heterocycles. The van der Waals surface area contributed by atoms with Crippen LogP contribution in [0, 0.1) is 17.8 Å². The Morgan fingerprint density at radius 1 is 1.17 bits per heavy atom. The summed E-state index contributed by atoms with van der Waals surface area (Å²) >= 11 is 0. The van der Waals surface area contributed by atoms with Crippen LogP contribution in [0.5, 0.6) is 0 Å². The summed E-state index contributed by atoms with van der Waals surface area (Å²) in [5, 5.41) is 10.6. The summed E-state index contributed by atoms with van der Waals surface area (Å²) in [6.07, 6.45) is 11.7. The number of ketones is 1. The number of methoxy groups -OCH3 is 2. The molecule has 1 rings (SSSR count). The van der Waals surface area contributed by atoms with E-state index in [1.165, 1.54) is 25.4 Å². The highest BCUT2D eigenvalue weighted by Gasteiger charge is 2.42. The van der Waals surface area contributed by atoms with Crippen LogP contribution in [0.4, 0.5) is 0 Å². The Balaban J connectivity index is 2.63. The molecule has 0 radical (unpaired) electrons. The molecule has 0 fully saturated rings. The number of ether oxygens (including phenoxy) is 2. The summed E-state index contributed by atoms with van der Waals surface area (Å²) in [4.78, 5) is 23.1. The average Bonchev–Trinajstić information content (AvgIpc) is 2.70. The monoisotopic (exact) mass is 404 g/mol. The van der Waals surface area contributed by atoms with Gasteiger partial charge in [-0.2, -0.15) is 0 Å². The summed E-state index contributed by atoms with van der Waals surface area (Å²) in [5.74, 6) is -0.366. The molecule has 0 bridgehead atoms. The Kier molecular flexibility index (Phi) is 10.7. The molecule has 1 N–H and O–H groups in total. The van der Waals surface area contributed by atoms with Crippen molar-refractivity contribution in [1.82, 2.24) is 0 Å². The van der Waals surface area contributed by atoms with Gasteiger partial charge in [0.25, 0.3) is 0 Å². The van der Waals surface area contributed by atoms with Gasteiger partial charge in [-0.05, 0) is 39.5 Å². The fourth-order valence-electron chi connectivity index (χ4n) is 3.46. The Labute approximate surface area is 175 Å². The highest BCUT2D eigenvalue weighted by Crippen LogP contribution is 2.35. The Hall–Kier alpha value is -2.14. The van der Waals surface area contributed by atoms with Crippen molar-refractivity contribution in [2.24, 2.45) is 17.8 Å². The minimum atomic E-state index is -0.852. The standard InChI is InChI=1S/C24H36O5/c1-16(10-8-12-18(3)15-25)9-7-11-17(2)13-14-20-19(4)21(26)23(28-5)24(29-6)22(20)27/h8-9,12-13,15,18-20,22,27H,7,10-11,14H2,1-6H3/b12-8+,16-9?,17-13?. The van der Waals surface area contributed by atoms with Crippen molar-refractivity contribution >= 4 is 12.1 Å². The van der Waals surface area contributed by atoms with Crippen molar-refractivity contribution in [3.63, 3.8) is 0 Å². The normalized spacial score (nSPS) is 24.8. The maximum absolute atomic E-state index is 12.5. The molecule has 0 saturated heterocycles. The van der Waals surface area contributed by atoms with E-state index in [0.717, 1.165) is 25.5 Å². The number of allylic oxidation sites excluding steroid dienone is 7. The Morgan fingerprint density at radius 2 is 1.86 bits per heavy atom. The zero-order valence-electron chi connectivity index (χ0n) is 18.6. The second-order valence-corrected chi connectivity index (χ2v) is 7.87. The fraction of sp³-hybridized carbons (Fsp3) is 0.583. The SMILES string of the molecule is COC1=C(OC)C(O)C(CC=C(C)CCC=C(C)C/C=C/C(C)C=O)C(C)C1=O. The summed E-state index contributed by atoms with van der Waals surface area (Å²) in [6.45, 7) is 7.86. The van der Waals surface area contributed by atoms with Gasteiger partial charge in [-0.3, -0.25) is 4.79 Å². The number of carbonyl (C=O) groups is 2. The Morgan fingerprint density at radius 3 is 2.45 bits per heavy atom. The highest BCUT2D eigenvalue weighted by atomic mass is 16.5. The van der Waals surface area contributed by atoms with E-state index in [1.54, 1.807) is 0 Å². The molecule has 4 atom stereocenters. The van der Waals surface area contributed by atoms with Gasteiger partial charge in [0.15, 0.2) is 5.76 Å². The van der Waals surface area contributed by atoms with E-state index >= 15 is 0 Å². The van der Waals surface area contributed by atoms with Crippen LogP contribution in [-0.2, 0) is 19.1 Å². The van der Waals surface area contributed by atoms with Gasteiger partial charge in [-0.15, -0.1) is 0 Å². The lowest BCUT2D eigenvalue weighted by atomic mass is 9.77. The zero-order chi connectivity index (χ0) is 22.0. The van der Waals surface area contributed by atoms with Crippen LogP contribution < -0.4 is 0 Å². The zero-order valence-corrected chi connectivity index (χ0v) is 18.6. The van der Waals surface area contributed by atoms with Crippen LogP contribution in [0.25, 0.3) is 0 Å². The predicted molar refractivity (Wildman–Crippen MR) is 115 cm³/mol. The number of hydrogen-bond acceptors (Lipinski definition) is 5. The van der Waals surface area contributed by atoms with Gasteiger partial charge in [0.2, 0.25) is 11.5 Å². The summed E-state index contributed by atoms with van der Waals surface area (Å²) in [7, 11) is 2.87. The maximum atomic E-state index is 12.5. The molecule has 0 aromatic heterocycles. The van der Waals surface area contributed by atoms with Crippen LogP contribution in [0.2, 0.25) is 0 Å². The topological polar surface area (TPSA) is 72.8 Å². The van der Waals surface area contributed by atoms with E-state index in [9.17, 15) is 14.7 Å². The second-order valence-electron chi connectivity index (χ2n) is 7.87. The first-order valence-electron chi connectivity index (χ1n) is 10.2. The molecule has 29 heavy (non-hydrogen) atoms. The van der Waals surface area contributed by atoms with Gasteiger partial charge >= 0.3 is 0 Å². The first-order valence-corrected chi connectivity index (χ1v) is 10.2. The van der Waals surface area contributed by atoms with Crippen molar-refractivity contribution in [2.45, 2.75) is 59.5 Å². The molecule has 162 valence electrons. The van der Waals surface area contributed by atoms with Gasteiger partial charge < -0.3 is 19.4 Å². The van der Waals surface area contributed by atoms with Crippen LogP contribution in [0.3, 0.4) is 0 Å². The van der Waals surface area contributed by atoms with Gasteiger partial charge in [0.05, 0.1) is 14.2 Å². The third-order valence-electron chi connectivity index (χ3n) is 5.47. The van der Waals surface area contributed by atoms with E-state index in [4.69, 9.17) is 9.47 Å². The molecular formula is C24H36O5. The van der Waals surface area contributed by atoms with Crippen LogP contribution in [0.1, 0.15) is 53.4 Å². The molecule has 1 aliphatic rings. The molecule has 0 aromatic carbocycles. The maximum Gasteiger partial charge on any atom is 0.204 e. The molecule has 5 heteroatoms. The number of aliphatic hydroxyl groups is 1. The van der Waals surface area contributed by atoms with E-state index in [-0.39, 0.29) is 35.1 Å². The molecular weight excluding hydrogens is 368 g/mol. The quantitative estimate of drug-likeness (QED) is 0.404. The van der Waals surface area contributed by atoms with Crippen LogP contribution in [-0.4, -0.2) is 37.5 Å². The van der Waals surface area contributed by atoms with Gasteiger partial charge in [0.1, 0.15) is 12.4 Å². The highest BCUT2D eigenvalue weighted by molar-refractivity contribution is 5.97. The Bertz CT molecular complexity index is 683. The van der Waals surface area contributed by atoms with Crippen LogP contribution in [0.15, 0.2) is 47.0 Å². The molecule has 4 unspecified atom stereocenters. The molecule has 0 heterocycles. The summed E-state index contributed by atoms with van der Waals surface area (Å²) in [5.41, 5.74) is 2.50. The van der Waals surface area contributed by atoms with E-state index in [1.807, 2.05) is 26.0 Å². The lowest BCUT2D eigenvalue weighted by Crippen LogP contribution is -2.40. The summed E-state index contributed by atoms with van der Waals surface area (Å²) < 4.78 is 10.4. The third kappa shape index (κ3) is 7.32. The molecule has 5 nitrogen and oxygen atoms in total. The van der Waals surface area contributed by atoms with Gasteiger partial charge in [-0.25, -0.2) is 0 Å². The molecule has 0 spiro atoms. The van der Waals surface area contributed by atoms with Gasteiger partial charge in [0, 0.05) is 17.8 Å². The lowest BCUT2D eigenvalue weighted by Gasteiger charge is -2.33. The van der Waals surface area contributed by atoms with E-state index in [0.29, 0.717) is 6.42 Å². The number of carbonyl (C=O) groups excluding carboxylic acids is 2. The number of Topliss-reactive ketones (excluding diaryl/α,β-unsaturated/α-hetero) is 1. The number of hydrogen-bond donors (Lipinski definition) is 1. The fourth-order valence-corrected chi connectivity index (χ4v) is 3.46. The minimum Gasteiger partial charge on any atom is -0.494 e. The largest absolute Gasteiger partial charge is 0.494 e. The molecule has 0 aromatic rings. The second kappa shape index (κ2) is 12.4. The van der Waals surface area contributed by atoms with Gasteiger partial charge in [-0.1, -0.05) is 49.3 Å². The number of rotatable bonds is 11. The number of aldehydes is 1. The smallest absolute Gasteiger partial charge is 0.204 e. The van der Waals surface area contributed by atoms with Crippen molar-refractivity contribution in [2.75, 3.05) is 14.2 Å². The predicted octanol–water partition coefficient (Wildman–Crippen LogP) is 4.53. The minimum absolute atomic E-state index is 0.0363. The molecule has 0 saturated carbocycles. The van der Waals surface area contributed by atoms with Crippen molar-refractivity contribution in [1.29, 1.82) is 0 Å². The third-order valence-corrected chi connectivity index (χ3v) is 5.47. The first-order chi connectivity index (χ1) is 13.8. The van der Waals surface area contributed by atoms with E-state index < -0.39 is 6.10 Å². The van der Waals surface area contributed by atoms with Crippen molar-refractivity contribution < 1.29 is 24.2 Å². The first kappa shape index (κ1) is 24.9. The van der Waals surface area contributed by atoms with Crippen molar-refractivity contribution in [3.05, 3.63) is 47.0 Å². The van der Waals surface area contributed by atoms with Crippen molar-refractivity contribution in [3.8, 4) is 0 Å². The molecule has 1 aliphatic carbocycles. The van der Waals surface area contributed by atoms with E-state index in [2.05, 4.69) is 26.0 Å². The van der Waals surface area contributed by atoms with Crippen LogP contribution >= 0.6 is 0 Å². The average molecular weight is 405 g/mol. The molecule has 0 amide bonds.